The van der Waals surface area contributed by atoms with Gasteiger partial charge in [0.15, 0.2) is 5.82 Å². The summed E-state index contributed by atoms with van der Waals surface area (Å²) in [6.45, 7) is 0. The van der Waals surface area contributed by atoms with E-state index >= 15 is 0 Å². The van der Waals surface area contributed by atoms with Gasteiger partial charge in [-0.2, -0.15) is 26.3 Å². The lowest BCUT2D eigenvalue weighted by Crippen LogP contribution is -2.06. The molecule has 0 N–H and O–H groups in total. The molecule has 3 heterocycles. The molecule has 0 bridgehead atoms. The molecule has 0 amide bonds. The highest BCUT2D eigenvalue weighted by Crippen LogP contribution is 2.46. The second-order valence-electron chi connectivity index (χ2n) is 17.2. The minimum Gasteiger partial charge on any atom is -0.309 e. The summed E-state index contributed by atoms with van der Waals surface area (Å²) in [5.74, 6) is 0.311. The molecule has 0 aliphatic carbocycles. The normalized spacial score (nSPS) is 12.1. The molecule has 9 aromatic carbocycles. The number of hydrogen-bond acceptors (Lipinski definition) is 2. The van der Waals surface area contributed by atoms with Gasteiger partial charge in [-0.3, -0.25) is 0 Å². The SMILES string of the molecule is FC(F)(F)c1ccc(-c2cc(-c3nc(-c4ccccc4)cc(-c4ccccc4)n3)cc(-c3ccc(C(F)(F)F)cc3)c2-n2c3ccccc3c3cc(-n4c5ccccc5c5ccccc54)ccc32)cc1. The van der Waals surface area contributed by atoms with Crippen LogP contribution in [-0.2, 0) is 12.4 Å². The number of halogens is 6. The molecule has 12 aromatic rings. The van der Waals surface area contributed by atoms with Crippen molar-refractivity contribution in [3.05, 3.63) is 230 Å². The molecule has 0 unspecified atom stereocenters. The maximum atomic E-state index is 14.2. The molecule has 10 heteroatoms. The average Bonchev–Trinajstić information content (AvgIpc) is 3.90. The molecule has 0 aliphatic heterocycles. The zero-order valence-corrected chi connectivity index (χ0v) is 36.8. The lowest BCUT2D eigenvalue weighted by molar-refractivity contribution is -0.138. The van der Waals surface area contributed by atoms with E-state index in [-0.39, 0.29) is 0 Å². The average molecular weight is 927 g/mol. The zero-order valence-electron chi connectivity index (χ0n) is 36.8. The lowest BCUT2D eigenvalue weighted by Gasteiger charge is -2.22. The summed E-state index contributed by atoms with van der Waals surface area (Å²) in [5.41, 5.74) is 8.73. The van der Waals surface area contributed by atoms with Crippen molar-refractivity contribution < 1.29 is 26.3 Å². The molecule has 4 nitrogen and oxygen atoms in total. The summed E-state index contributed by atoms with van der Waals surface area (Å²) in [4.78, 5) is 10.2. The highest BCUT2D eigenvalue weighted by atomic mass is 19.4. The van der Waals surface area contributed by atoms with E-state index in [2.05, 4.69) is 45.5 Å². The lowest BCUT2D eigenvalue weighted by atomic mass is 9.91. The van der Waals surface area contributed by atoms with E-state index < -0.39 is 23.5 Å². The van der Waals surface area contributed by atoms with Crippen molar-refractivity contribution in [2.75, 3.05) is 0 Å². The van der Waals surface area contributed by atoms with Gasteiger partial charge >= 0.3 is 12.4 Å². The number of para-hydroxylation sites is 3. The molecule has 70 heavy (non-hydrogen) atoms. The van der Waals surface area contributed by atoms with E-state index in [4.69, 9.17) is 9.97 Å². The monoisotopic (exact) mass is 926 g/mol. The molecule has 0 atom stereocenters. The maximum Gasteiger partial charge on any atom is 0.416 e. The second kappa shape index (κ2) is 16.5. The Morgan fingerprint density at radius 1 is 0.314 bits per heavy atom. The smallest absolute Gasteiger partial charge is 0.309 e. The first-order valence-corrected chi connectivity index (χ1v) is 22.5. The van der Waals surface area contributed by atoms with Crippen LogP contribution in [0.4, 0.5) is 26.3 Å². The Morgan fingerprint density at radius 2 is 0.714 bits per heavy atom. The summed E-state index contributed by atoms with van der Waals surface area (Å²) in [6, 6.07) is 65.5. The molecule has 0 saturated heterocycles. The van der Waals surface area contributed by atoms with Crippen molar-refractivity contribution >= 4 is 43.6 Å². The first-order valence-electron chi connectivity index (χ1n) is 22.5. The molecule has 0 fully saturated rings. The first kappa shape index (κ1) is 42.6. The van der Waals surface area contributed by atoms with Gasteiger partial charge < -0.3 is 9.13 Å². The zero-order chi connectivity index (χ0) is 47.7. The summed E-state index contributed by atoms with van der Waals surface area (Å²) in [7, 11) is 0. The summed E-state index contributed by atoms with van der Waals surface area (Å²) >= 11 is 0. The van der Waals surface area contributed by atoms with Gasteiger partial charge in [0.1, 0.15) is 0 Å². The topological polar surface area (TPSA) is 35.6 Å². The van der Waals surface area contributed by atoms with Gasteiger partial charge in [0, 0.05) is 55.0 Å². The number of hydrogen-bond donors (Lipinski definition) is 0. The van der Waals surface area contributed by atoms with Crippen LogP contribution in [0.15, 0.2) is 218 Å². The van der Waals surface area contributed by atoms with E-state index in [0.29, 0.717) is 50.7 Å². The fraction of sp³-hybridized carbons (Fsp3) is 0.0333. The van der Waals surface area contributed by atoms with Crippen LogP contribution in [-0.4, -0.2) is 19.1 Å². The Labute approximate surface area is 397 Å². The number of aromatic nitrogens is 4. The van der Waals surface area contributed by atoms with Crippen LogP contribution in [0.1, 0.15) is 11.1 Å². The second-order valence-corrected chi connectivity index (χ2v) is 17.2. The van der Waals surface area contributed by atoms with Gasteiger partial charge in [0.05, 0.1) is 50.3 Å². The van der Waals surface area contributed by atoms with Crippen LogP contribution < -0.4 is 0 Å². The van der Waals surface area contributed by atoms with Crippen molar-refractivity contribution in [1.29, 1.82) is 0 Å². The third-order valence-electron chi connectivity index (χ3n) is 13.0. The van der Waals surface area contributed by atoms with Gasteiger partial charge in [0.25, 0.3) is 0 Å². The van der Waals surface area contributed by atoms with E-state index in [0.717, 1.165) is 84.7 Å². The summed E-state index contributed by atoms with van der Waals surface area (Å²) in [6.07, 6.45) is -9.20. The fourth-order valence-corrected chi connectivity index (χ4v) is 9.75. The molecule has 0 radical (unpaired) electrons. The molecular formula is C60H36F6N4. The summed E-state index contributed by atoms with van der Waals surface area (Å²) < 4.78 is 89.6. The van der Waals surface area contributed by atoms with E-state index in [9.17, 15) is 26.3 Å². The summed E-state index contributed by atoms with van der Waals surface area (Å²) in [5, 5.41) is 4.00. The van der Waals surface area contributed by atoms with Crippen molar-refractivity contribution in [3.63, 3.8) is 0 Å². The Balaban J connectivity index is 1.18. The van der Waals surface area contributed by atoms with Gasteiger partial charge in [0.2, 0.25) is 0 Å². The highest BCUT2D eigenvalue weighted by Gasteiger charge is 2.32. The fourth-order valence-electron chi connectivity index (χ4n) is 9.75. The van der Waals surface area contributed by atoms with Gasteiger partial charge in [-0.15, -0.1) is 0 Å². The standard InChI is InChI=1S/C60H36F6N4/c61-59(62,63)42-27-23-37(24-28-42)48-33-41(58-67-51(39-13-3-1-4-14-39)36-52(68-58)40-15-5-2-6-16-40)34-49(38-25-29-43(30-26-38)60(64,65)66)57(48)70-55-22-12-9-19-47(55)50-35-44(31-32-56(50)70)69-53-20-10-7-17-45(53)46-18-8-11-21-54(46)69/h1-36H. The molecule has 0 saturated carbocycles. The van der Waals surface area contributed by atoms with Crippen LogP contribution in [0.2, 0.25) is 0 Å². The third-order valence-corrected chi connectivity index (χ3v) is 13.0. The van der Waals surface area contributed by atoms with Gasteiger partial charge in [-0.1, -0.05) is 140 Å². The Morgan fingerprint density at radius 3 is 1.17 bits per heavy atom. The number of fused-ring (bicyclic) bond motifs is 6. The Bertz CT molecular complexity index is 3760. The predicted octanol–water partition coefficient (Wildman–Crippen LogP) is 17.0. The molecule has 3 aromatic heterocycles. The minimum absolute atomic E-state index is 0.311. The van der Waals surface area contributed by atoms with E-state index in [1.807, 2.05) is 133 Å². The van der Waals surface area contributed by atoms with Crippen LogP contribution in [0.5, 0.6) is 0 Å². The quantitative estimate of drug-likeness (QED) is 0.149. The van der Waals surface area contributed by atoms with Gasteiger partial charge in [-0.05, 0) is 90.0 Å². The van der Waals surface area contributed by atoms with Crippen LogP contribution in [0.25, 0.3) is 111 Å². The minimum atomic E-state index is -4.60. The van der Waals surface area contributed by atoms with Crippen molar-refractivity contribution in [2.45, 2.75) is 12.4 Å². The molecule has 12 rings (SSSR count). The predicted molar refractivity (Wildman–Crippen MR) is 268 cm³/mol. The van der Waals surface area contributed by atoms with Gasteiger partial charge in [-0.25, -0.2) is 9.97 Å². The van der Waals surface area contributed by atoms with Crippen molar-refractivity contribution in [2.24, 2.45) is 0 Å². The van der Waals surface area contributed by atoms with Crippen LogP contribution in [0.3, 0.4) is 0 Å². The third kappa shape index (κ3) is 7.36. The Kier molecular flexibility index (Phi) is 10.0. The Hall–Kier alpha value is -8.76. The number of nitrogens with zero attached hydrogens (tertiary/aromatic N) is 4. The molecule has 338 valence electrons. The highest BCUT2D eigenvalue weighted by molar-refractivity contribution is 6.13. The number of benzene rings is 9. The van der Waals surface area contributed by atoms with E-state index in [1.165, 1.54) is 24.3 Å². The first-order chi connectivity index (χ1) is 34.0. The van der Waals surface area contributed by atoms with Crippen molar-refractivity contribution in [1.82, 2.24) is 19.1 Å². The molecular weight excluding hydrogens is 891 g/mol. The number of rotatable bonds is 7. The molecule has 0 spiro atoms. The van der Waals surface area contributed by atoms with Crippen LogP contribution in [0, 0.1) is 0 Å². The largest absolute Gasteiger partial charge is 0.416 e. The molecule has 0 aliphatic rings. The van der Waals surface area contributed by atoms with Crippen LogP contribution >= 0.6 is 0 Å². The number of alkyl halides is 6. The van der Waals surface area contributed by atoms with E-state index in [1.54, 1.807) is 0 Å². The maximum absolute atomic E-state index is 14.2. The van der Waals surface area contributed by atoms with Crippen molar-refractivity contribution in [3.8, 4) is 67.5 Å².